The van der Waals surface area contributed by atoms with Gasteiger partial charge >= 0.3 is 0 Å². The van der Waals surface area contributed by atoms with E-state index in [4.69, 9.17) is 11.6 Å². The quantitative estimate of drug-likeness (QED) is 0.476. The molecule has 0 aliphatic rings. The highest BCUT2D eigenvalue weighted by Gasteiger charge is 2.12. The number of rotatable bonds is 4. The van der Waals surface area contributed by atoms with E-state index in [1.54, 1.807) is 4.68 Å². The first-order valence-corrected chi connectivity index (χ1v) is 11.1. The second-order valence-electron chi connectivity index (χ2n) is 8.97. The third-order valence-electron chi connectivity index (χ3n) is 5.51. The Bertz CT molecular complexity index is 1370. The monoisotopic (exact) mass is 442 g/mol. The Kier molecular flexibility index (Phi) is 6.20. The van der Waals surface area contributed by atoms with Crippen molar-refractivity contribution in [2.24, 2.45) is 0 Å². The van der Waals surface area contributed by atoms with Crippen LogP contribution in [0.4, 0.5) is 0 Å². The van der Waals surface area contributed by atoms with E-state index in [9.17, 15) is 4.79 Å². The number of nitrogens with zero attached hydrogens (tertiary/aromatic N) is 1. The van der Waals surface area contributed by atoms with Crippen molar-refractivity contribution in [3.05, 3.63) is 121 Å². The Labute approximate surface area is 193 Å². The molecule has 0 radical (unpaired) electrons. The lowest BCUT2D eigenvalue weighted by Gasteiger charge is -2.18. The van der Waals surface area contributed by atoms with Crippen LogP contribution in [0.25, 0.3) is 17.8 Å². The van der Waals surface area contributed by atoms with E-state index in [1.807, 2.05) is 60.7 Å². The highest BCUT2D eigenvalue weighted by Crippen LogP contribution is 2.22. The molecule has 0 atom stereocenters. The Morgan fingerprint density at radius 2 is 1.56 bits per heavy atom. The van der Waals surface area contributed by atoms with Gasteiger partial charge in [0.15, 0.2) is 0 Å². The first-order valence-electron chi connectivity index (χ1n) is 10.7. The molecule has 0 saturated carbocycles. The summed E-state index contributed by atoms with van der Waals surface area (Å²) in [7, 11) is 0. The van der Waals surface area contributed by atoms with E-state index in [1.165, 1.54) is 5.56 Å². The van der Waals surface area contributed by atoms with E-state index in [0.29, 0.717) is 16.7 Å². The summed E-state index contributed by atoms with van der Waals surface area (Å²) >= 11 is 6.01. The van der Waals surface area contributed by atoms with Crippen molar-refractivity contribution in [3.8, 4) is 5.69 Å². The summed E-state index contributed by atoms with van der Waals surface area (Å²) in [5, 5.41) is 5.45. The minimum Gasteiger partial charge on any atom is -0.291 e. The smallest absolute Gasteiger partial charge is 0.279 e. The molecule has 1 N–H and O–H groups in total. The van der Waals surface area contributed by atoms with E-state index >= 15 is 0 Å². The van der Waals surface area contributed by atoms with Crippen LogP contribution in [0.5, 0.6) is 0 Å². The predicted molar refractivity (Wildman–Crippen MR) is 134 cm³/mol. The van der Waals surface area contributed by atoms with Crippen molar-refractivity contribution in [2.75, 3.05) is 0 Å². The molecule has 0 aliphatic carbocycles. The van der Waals surface area contributed by atoms with Gasteiger partial charge in [-0.1, -0.05) is 93.0 Å². The van der Waals surface area contributed by atoms with E-state index in [0.717, 1.165) is 22.2 Å². The number of nitrogens with one attached hydrogen (secondary N) is 1. The van der Waals surface area contributed by atoms with Crippen molar-refractivity contribution < 1.29 is 0 Å². The zero-order chi connectivity index (χ0) is 22.7. The average molecular weight is 443 g/mol. The van der Waals surface area contributed by atoms with E-state index in [-0.39, 0.29) is 11.0 Å². The fourth-order valence-electron chi connectivity index (χ4n) is 3.61. The normalized spacial score (nSPS) is 13.0. The third-order valence-corrected chi connectivity index (χ3v) is 5.77. The standard InChI is InChI=1S/C28H27ClN2O/c1-28(2,3)22-14-9-21(10-15-22)19-25-26(18-13-20-11-16-23(29)17-12-20)30-31(27(25)32)24-7-5-4-6-8-24/h4-12,14-19,30H,13H2,1-3H3/b25-19+,26-18-. The second-order valence-corrected chi connectivity index (χ2v) is 9.40. The number of para-hydroxylation sites is 1. The minimum atomic E-state index is -0.0709. The summed E-state index contributed by atoms with van der Waals surface area (Å²) in [5.74, 6) is 0. The summed E-state index contributed by atoms with van der Waals surface area (Å²) in [6, 6.07) is 25.8. The molecular weight excluding hydrogens is 416 g/mol. The summed E-state index contributed by atoms with van der Waals surface area (Å²) < 4.78 is 1.60. The molecule has 0 unspecified atom stereocenters. The zero-order valence-electron chi connectivity index (χ0n) is 18.6. The molecule has 0 amide bonds. The largest absolute Gasteiger partial charge is 0.291 e. The van der Waals surface area contributed by atoms with Gasteiger partial charge in [-0.05, 0) is 58.9 Å². The summed E-state index contributed by atoms with van der Waals surface area (Å²) in [4.78, 5) is 13.3. The van der Waals surface area contributed by atoms with Crippen LogP contribution >= 0.6 is 11.6 Å². The van der Waals surface area contributed by atoms with Gasteiger partial charge in [0.05, 0.1) is 16.3 Å². The lowest BCUT2D eigenvalue weighted by Crippen LogP contribution is -2.34. The van der Waals surface area contributed by atoms with Crippen LogP contribution in [-0.2, 0) is 11.8 Å². The number of aromatic amines is 1. The number of benzene rings is 3. The topological polar surface area (TPSA) is 37.8 Å². The molecular formula is C28H27ClN2O. The van der Waals surface area contributed by atoms with Crippen LogP contribution in [0.1, 0.15) is 37.5 Å². The maximum absolute atomic E-state index is 13.3. The Hall–Kier alpha value is -3.30. The molecule has 4 rings (SSSR count). The van der Waals surface area contributed by atoms with Gasteiger partial charge < -0.3 is 0 Å². The lowest BCUT2D eigenvalue weighted by molar-refractivity contribution is 0.590. The van der Waals surface area contributed by atoms with Crippen LogP contribution < -0.4 is 16.1 Å². The van der Waals surface area contributed by atoms with Crippen LogP contribution in [0.15, 0.2) is 83.7 Å². The Morgan fingerprint density at radius 1 is 0.906 bits per heavy atom. The van der Waals surface area contributed by atoms with Gasteiger partial charge in [-0.25, -0.2) is 4.68 Å². The summed E-state index contributed by atoms with van der Waals surface area (Å²) in [5.41, 5.74) is 4.21. The Morgan fingerprint density at radius 3 is 2.19 bits per heavy atom. The maximum Gasteiger partial charge on any atom is 0.279 e. The zero-order valence-corrected chi connectivity index (χ0v) is 19.4. The summed E-state index contributed by atoms with van der Waals surface area (Å²) in [6.45, 7) is 6.58. The van der Waals surface area contributed by atoms with E-state index in [2.05, 4.69) is 56.2 Å². The number of aromatic nitrogens is 2. The van der Waals surface area contributed by atoms with Gasteiger partial charge in [-0.15, -0.1) is 0 Å². The number of H-pyrrole nitrogens is 1. The van der Waals surface area contributed by atoms with Gasteiger partial charge in [0.25, 0.3) is 5.56 Å². The average Bonchev–Trinajstić information content (AvgIpc) is 3.09. The van der Waals surface area contributed by atoms with Crippen molar-refractivity contribution in [2.45, 2.75) is 32.6 Å². The van der Waals surface area contributed by atoms with Crippen molar-refractivity contribution in [1.29, 1.82) is 0 Å². The van der Waals surface area contributed by atoms with Gasteiger partial charge in [-0.3, -0.25) is 9.89 Å². The molecule has 162 valence electrons. The molecule has 32 heavy (non-hydrogen) atoms. The molecule has 0 aliphatic heterocycles. The first-order chi connectivity index (χ1) is 15.3. The number of hydrogen-bond acceptors (Lipinski definition) is 1. The lowest BCUT2D eigenvalue weighted by atomic mass is 9.87. The van der Waals surface area contributed by atoms with Crippen LogP contribution in [0, 0.1) is 0 Å². The highest BCUT2D eigenvalue weighted by molar-refractivity contribution is 6.30. The molecule has 0 fully saturated rings. The SMILES string of the molecule is CC(C)(C)c1ccc(/C=c2/c(=O)n(-c3ccccc3)[nH]/c2=C\Cc2ccc(Cl)cc2)cc1. The van der Waals surface area contributed by atoms with Gasteiger partial charge in [0, 0.05) is 5.02 Å². The van der Waals surface area contributed by atoms with Crippen LogP contribution in [0.3, 0.4) is 0 Å². The molecule has 0 saturated heterocycles. The molecule has 3 nitrogen and oxygen atoms in total. The van der Waals surface area contributed by atoms with Gasteiger partial charge in [0.2, 0.25) is 0 Å². The van der Waals surface area contributed by atoms with Crippen LogP contribution in [0.2, 0.25) is 5.02 Å². The number of halogens is 1. The molecule has 1 aromatic heterocycles. The highest BCUT2D eigenvalue weighted by atomic mass is 35.5. The van der Waals surface area contributed by atoms with Gasteiger partial charge in [-0.2, -0.15) is 0 Å². The second kappa shape index (κ2) is 9.05. The van der Waals surface area contributed by atoms with Gasteiger partial charge in [0.1, 0.15) is 0 Å². The fourth-order valence-corrected chi connectivity index (χ4v) is 3.73. The number of hydrogen-bond donors (Lipinski definition) is 1. The fraction of sp³-hybridized carbons (Fsp3) is 0.179. The van der Waals surface area contributed by atoms with Crippen molar-refractivity contribution in [1.82, 2.24) is 9.78 Å². The molecule has 4 aromatic rings. The van der Waals surface area contributed by atoms with Crippen LogP contribution in [-0.4, -0.2) is 9.78 Å². The summed E-state index contributed by atoms with van der Waals surface area (Å²) in [6.07, 6.45) is 4.70. The molecule has 4 heteroatoms. The first kappa shape index (κ1) is 21.9. The molecule has 0 spiro atoms. The Balaban J connectivity index is 1.83. The van der Waals surface area contributed by atoms with Crippen molar-refractivity contribution in [3.63, 3.8) is 0 Å². The molecule has 3 aromatic carbocycles. The minimum absolute atomic E-state index is 0.0709. The molecule has 0 bridgehead atoms. The third kappa shape index (κ3) is 4.95. The van der Waals surface area contributed by atoms with E-state index < -0.39 is 0 Å². The molecule has 1 heterocycles. The predicted octanol–water partition coefficient (Wildman–Crippen LogP) is 4.97. The van der Waals surface area contributed by atoms with Crippen molar-refractivity contribution >= 4 is 23.8 Å². The maximum atomic E-state index is 13.3.